The first-order valence-corrected chi connectivity index (χ1v) is 4.60. The van der Waals surface area contributed by atoms with E-state index in [1.54, 1.807) is 6.92 Å². The van der Waals surface area contributed by atoms with E-state index in [2.05, 4.69) is 11.3 Å². The first-order chi connectivity index (χ1) is 7.58. The SMILES string of the molecule is C=CC(=O)OCCCC#N.CC=CC(=O)O. The Bertz CT molecular complexity index is 289. The number of rotatable bonds is 5. The van der Waals surface area contributed by atoms with Crippen molar-refractivity contribution < 1.29 is 19.4 Å². The normalized spacial score (nSPS) is 8.50. The Balaban J connectivity index is 0. The molecule has 0 heterocycles. The van der Waals surface area contributed by atoms with Crippen molar-refractivity contribution in [3.8, 4) is 6.07 Å². The van der Waals surface area contributed by atoms with Gasteiger partial charge < -0.3 is 9.84 Å². The van der Waals surface area contributed by atoms with Crippen molar-refractivity contribution in [2.45, 2.75) is 19.8 Å². The van der Waals surface area contributed by atoms with Crippen LogP contribution in [0, 0.1) is 11.3 Å². The summed E-state index contributed by atoms with van der Waals surface area (Å²) in [6, 6.07) is 1.94. The fourth-order valence-electron chi connectivity index (χ4n) is 0.525. The molecule has 0 saturated carbocycles. The van der Waals surface area contributed by atoms with Crippen LogP contribution in [0.1, 0.15) is 19.8 Å². The van der Waals surface area contributed by atoms with Gasteiger partial charge in [-0.3, -0.25) is 0 Å². The highest BCUT2D eigenvalue weighted by Crippen LogP contribution is 1.88. The van der Waals surface area contributed by atoms with E-state index >= 15 is 0 Å². The van der Waals surface area contributed by atoms with Crippen LogP contribution < -0.4 is 0 Å². The third-order valence-electron chi connectivity index (χ3n) is 1.15. The predicted octanol–water partition coefficient (Wildman–Crippen LogP) is 1.67. The van der Waals surface area contributed by atoms with Gasteiger partial charge in [0, 0.05) is 18.6 Å². The Morgan fingerprint density at radius 1 is 1.56 bits per heavy atom. The molecule has 88 valence electrons. The molecule has 0 saturated heterocycles. The van der Waals surface area contributed by atoms with Gasteiger partial charge >= 0.3 is 11.9 Å². The summed E-state index contributed by atoms with van der Waals surface area (Å²) < 4.78 is 4.59. The number of allylic oxidation sites excluding steroid dienone is 1. The predicted molar refractivity (Wildman–Crippen MR) is 58.5 cm³/mol. The van der Waals surface area contributed by atoms with Crippen LogP contribution in [0.5, 0.6) is 0 Å². The fraction of sp³-hybridized carbons (Fsp3) is 0.364. The number of carboxylic acid groups (broad SMARTS) is 1. The number of carbonyl (C=O) groups excluding carboxylic acids is 1. The van der Waals surface area contributed by atoms with Crippen molar-refractivity contribution >= 4 is 11.9 Å². The number of nitrogens with zero attached hydrogens (tertiary/aromatic N) is 1. The summed E-state index contributed by atoms with van der Waals surface area (Å²) in [5.74, 6) is -1.32. The second kappa shape index (κ2) is 12.9. The minimum atomic E-state index is -0.891. The molecule has 0 amide bonds. The molecule has 0 radical (unpaired) electrons. The van der Waals surface area contributed by atoms with Crippen LogP contribution in [0.25, 0.3) is 0 Å². The minimum Gasteiger partial charge on any atom is -0.478 e. The van der Waals surface area contributed by atoms with Gasteiger partial charge in [0.25, 0.3) is 0 Å². The molecule has 16 heavy (non-hydrogen) atoms. The fourth-order valence-corrected chi connectivity index (χ4v) is 0.525. The van der Waals surface area contributed by atoms with Gasteiger partial charge in [0.2, 0.25) is 0 Å². The summed E-state index contributed by atoms with van der Waals surface area (Å²) in [6.07, 6.45) is 4.68. The zero-order valence-electron chi connectivity index (χ0n) is 9.18. The van der Waals surface area contributed by atoms with Crippen molar-refractivity contribution in [1.82, 2.24) is 0 Å². The van der Waals surface area contributed by atoms with E-state index in [4.69, 9.17) is 10.4 Å². The van der Waals surface area contributed by atoms with Gasteiger partial charge in [-0.05, 0) is 13.3 Å². The molecule has 1 N–H and O–H groups in total. The second-order valence-corrected chi connectivity index (χ2v) is 2.47. The van der Waals surface area contributed by atoms with E-state index < -0.39 is 11.9 Å². The summed E-state index contributed by atoms with van der Waals surface area (Å²) in [5.41, 5.74) is 0. The van der Waals surface area contributed by atoms with E-state index in [9.17, 15) is 9.59 Å². The van der Waals surface area contributed by atoms with Gasteiger partial charge in [-0.1, -0.05) is 12.7 Å². The van der Waals surface area contributed by atoms with Crippen molar-refractivity contribution in [3.05, 3.63) is 24.8 Å². The second-order valence-electron chi connectivity index (χ2n) is 2.47. The molecule has 0 atom stereocenters. The third-order valence-corrected chi connectivity index (χ3v) is 1.15. The summed E-state index contributed by atoms with van der Waals surface area (Å²) >= 11 is 0. The first-order valence-electron chi connectivity index (χ1n) is 4.60. The molecule has 0 aromatic heterocycles. The number of hydrogen-bond donors (Lipinski definition) is 1. The number of nitriles is 1. The average Bonchev–Trinajstić information content (AvgIpc) is 2.24. The van der Waals surface area contributed by atoms with Crippen LogP contribution in [0.3, 0.4) is 0 Å². The van der Waals surface area contributed by atoms with Gasteiger partial charge in [0.05, 0.1) is 12.7 Å². The zero-order chi connectivity index (χ0) is 12.8. The number of unbranched alkanes of at least 4 members (excludes halogenated alkanes) is 1. The zero-order valence-corrected chi connectivity index (χ0v) is 9.18. The van der Waals surface area contributed by atoms with E-state index in [1.807, 2.05) is 6.07 Å². The Hall–Kier alpha value is -2.09. The molecular formula is C11H15NO4. The largest absolute Gasteiger partial charge is 0.478 e. The number of hydrogen-bond acceptors (Lipinski definition) is 4. The van der Waals surface area contributed by atoms with Gasteiger partial charge in [0.1, 0.15) is 0 Å². The van der Waals surface area contributed by atoms with Crippen LogP contribution in [-0.2, 0) is 14.3 Å². The molecular weight excluding hydrogens is 210 g/mol. The van der Waals surface area contributed by atoms with Gasteiger partial charge in [-0.2, -0.15) is 5.26 Å². The minimum absolute atomic E-state index is 0.304. The third kappa shape index (κ3) is 17.9. The maximum Gasteiger partial charge on any atom is 0.330 e. The highest BCUT2D eigenvalue weighted by molar-refractivity contribution is 5.81. The summed E-state index contributed by atoms with van der Waals surface area (Å²) in [4.78, 5) is 19.9. The maximum atomic E-state index is 10.4. The molecule has 0 aliphatic heterocycles. The molecule has 0 bridgehead atoms. The van der Waals surface area contributed by atoms with E-state index in [1.165, 1.54) is 6.08 Å². The Kier molecular flexibility index (Phi) is 13.2. The monoisotopic (exact) mass is 225 g/mol. The molecule has 0 fully saturated rings. The lowest BCUT2D eigenvalue weighted by Crippen LogP contribution is -2.00. The number of aliphatic carboxylic acids is 1. The molecule has 0 aromatic rings. The van der Waals surface area contributed by atoms with Gasteiger partial charge in [-0.15, -0.1) is 0 Å². The Labute approximate surface area is 94.6 Å². The number of ether oxygens (including phenoxy) is 1. The van der Waals surface area contributed by atoms with Crippen molar-refractivity contribution in [1.29, 1.82) is 5.26 Å². The number of carbonyl (C=O) groups is 2. The van der Waals surface area contributed by atoms with Crippen molar-refractivity contribution in [2.24, 2.45) is 0 Å². The molecule has 0 unspecified atom stereocenters. The smallest absolute Gasteiger partial charge is 0.330 e. The Morgan fingerprint density at radius 3 is 2.50 bits per heavy atom. The van der Waals surface area contributed by atoms with Gasteiger partial charge in [-0.25, -0.2) is 9.59 Å². The number of carboxylic acids is 1. The average molecular weight is 225 g/mol. The molecule has 0 aromatic carbocycles. The van der Waals surface area contributed by atoms with Crippen LogP contribution >= 0.6 is 0 Å². The lowest BCUT2D eigenvalue weighted by Gasteiger charge is -1.96. The lowest BCUT2D eigenvalue weighted by molar-refractivity contribution is -0.137. The van der Waals surface area contributed by atoms with Crippen LogP contribution in [-0.4, -0.2) is 23.7 Å². The highest BCUT2D eigenvalue weighted by atomic mass is 16.5. The van der Waals surface area contributed by atoms with E-state index in [0.29, 0.717) is 19.4 Å². The Morgan fingerprint density at radius 2 is 2.19 bits per heavy atom. The topological polar surface area (TPSA) is 87.4 Å². The first kappa shape index (κ1) is 16.3. The molecule has 5 nitrogen and oxygen atoms in total. The summed E-state index contributed by atoms with van der Waals surface area (Å²) in [5, 5.41) is 15.9. The van der Waals surface area contributed by atoms with E-state index in [0.717, 1.165) is 12.2 Å². The lowest BCUT2D eigenvalue weighted by atomic mass is 10.3. The quantitative estimate of drug-likeness (QED) is 0.437. The van der Waals surface area contributed by atoms with Crippen molar-refractivity contribution in [2.75, 3.05) is 6.61 Å². The van der Waals surface area contributed by atoms with Crippen molar-refractivity contribution in [3.63, 3.8) is 0 Å². The number of esters is 1. The van der Waals surface area contributed by atoms with Crippen LogP contribution in [0.2, 0.25) is 0 Å². The molecule has 0 spiro atoms. The summed E-state index contributed by atoms with van der Waals surface area (Å²) in [7, 11) is 0. The van der Waals surface area contributed by atoms with E-state index in [-0.39, 0.29) is 0 Å². The molecule has 0 aliphatic carbocycles. The molecule has 0 aliphatic rings. The maximum absolute atomic E-state index is 10.4. The van der Waals surface area contributed by atoms with Gasteiger partial charge in [0.15, 0.2) is 0 Å². The molecule has 0 rings (SSSR count). The molecule has 5 heteroatoms. The summed E-state index contributed by atoms with van der Waals surface area (Å²) in [6.45, 7) is 5.18. The highest BCUT2D eigenvalue weighted by Gasteiger charge is 1.92. The van der Waals surface area contributed by atoms with Crippen LogP contribution in [0.15, 0.2) is 24.8 Å². The van der Waals surface area contributed by atoms with Crippen LogP contribution in [0.4, 0.5) is 0 Å². The standard InChI is InChI=1S/C7H9NO2.C4H6O2/c1-2-7(9)10-6-4-3-5-8;1-2-3-4(5)6/h2H,1,3-4,6H2;2-3H,1H3,(H,5,6).